The quantitative estimate of drug-likeness (QED) is 0.373. The Kier molecular flexibility index (Phi) is 11.2. The first-order valence-corrected chi connectivity index (χ1v) is 7.77. The van der Waals surface area contributed by atoms with Gasteiger partial charge in [-0.1, -0.05) is 6.92 Å². The zero-order chi connectivity index (χ0) is 16.3. The molecule has 0 aromatic carbocycles. The maximum absolute atomic E-state index is 5.85. The fourth-order valence-electron chi connectivity index (χ4n) is 2.56. The predicted octanol–water partition coefficient (Wildman–Crippen LogP) is 0.173. The number of rotatable bonds is 13. The van der Waals surface area contributed by atoms with Crippen LogP contribution in [0, 0.1) is 5.41 Å². The van der Waals surface area contributed by atoms with Crippen LogP contribution in [-0.4, -0.2) is 83.7 Å². The van der Waals surface area contributed by atoms with Gasteiger partial charge in [-0.3, -0.25) is 0 Å². The fourth-order valence-corrected chi connectivity index (χ4v) is 2.56. The van der Waals surface area contributed by atoms with E-state index in [-0.39, 0.29) is 11.6 Å². The van der Waals surface area contributed by atoms with Crippen LogP contribution >= 0.6 is 0 Å². The maximum atomic E-state index is 5.85. The molecule has 6 heteroatoms. The lowest BCUT2D eigenvalue weighted by atomic mass is 9.88. The van der Waals surface area contributed by atoms with Crippen molar-refractivity contribution in [2.75, 3.05) is 67.7 Å². The highest BCUT2D eigenvalue weighted by molar-refractivity contribution is 4.84. The summed E-state index contributed by atoms with van der Waals surface area (Å²) in [5, 5.41) is 0. The third-order valence-corrected chi connectivity index (χ3v) is 3.06. The third kappa shape index (κ3) is 11.0. The number of hydrogen-bond acceptors (Lipinski definition) is 6. The van der Waals surface area contributed by atoms with Crippen molar-refractivity contribution < 1.29 is 9.47 Å². The summed E-state index contributed by atoms with van der Waals surface area (Å²) >= 11 is 0. The maximum Gasteiger partial charge on any atom is 0.0569 e. The van der Waals surface area contributed by atoms with Crippen LogP contribution in [-0.2, 0) is 9.47 Å². The molecule has 0 aliphatic heterocycles. The lowest BCUT2D eigenvalue weighted by Crippen LogP contribution is -2.48. The summed E-state index contributed by atoms with van der Waals surface area (Å²) < 4.78 is 11.7. The topological polar surface area (TPSA) is 77.0 Å². The van der Waals surface area contributed by atoms with Gasteiger partial charge in [-0.05, 0) is 41.0 Å². The van der Waals surface area contributed by atoms with Crippen LogP contribution in [0.3, 0.4) is 0 Å². The Morgan fingerprint density at radius 2 is 1.38 bits per heavy atom. The first-order chi connectivity index (χ1) is 9.81. The monoisotopic (exact) mass is 304 g/mol. The first-order valence-electron chi connectivity index (χ1n) is 7.77. The molecule has 0 fully saturated rings. The zero-order valence-corrected chi connectivity index (χ0v) is 14.6. The van der Waals surface area contributed by atoms with Crippen LogP contribution < -0.4 is 11.5 Å². The molecule has 4 N–H and O–H groups in total. The number of hydrogen-bond donors (Lipinski definition) is 2. The normalized spacial score (nSPS) is 12.9. The molecule has 0 aromatic heterocycles. The minimum absolute atomic E-state index is 0.0408. The van der Waals surface area contributed by atoms with Crippen molar-refractivity contribution >= 4 is 0 Å². The smallest absolute Gasteiger partial charge is 0.0569 e. The van der Waals surface area contributed by atoms with E-state index in [4.69, 9.17) is 20.9 Å². The van der Waals surface area contributed by atoms with Gasteiger partial charge in [0.15, 0.2) is 0 Å². The Morgan fingerprint density at radius 1 is 0.905 bits per heavy atom. The van der Waals surface area contributed by atoms with Gasteiger partial charge in [0, 0.05) is 31.7 Å². The summed E-state index contributed by atoms with van der Waals surface area (Å²) in [7, 11) is 8.33. The average Bonchev–Trinajstić information content (AvgIpc) is 2.33. The molecule has 0 atom stereocenters. The van der Waals surface area contributed by atoms with Gasteiger partial charge in [-0.15, -0.1) is 0 Å². The average molecular weight is 304 g/mol. The van der Waals surface area contributed by atoms with E-state index >= 15 is 0 Å². The van der Waals surface area contributed by atoms with E-state index in [9.17, 15) is 0 Å². The van der Waals surface area contributed by atoms with Crippen molar-refractivity contribution in [3.05, 3.63) is 0 Å². The molecule has 21 heavy (non-hydrogen) atoms. The van der Waals surface area contributed by atoms with E-state index in [1.807, 2.05) is 0 Å². The van der Waals surface area contributed by atoms with Crippen LogP contribution in [0.1, 0.15) is 19.8 Å². The summed E-state index contributed by atoms with van der Waals surface area (Å²) in [4.78, 5) is 4.38. The molecule has 128 valence electrons. The Labute approximate surface area is 130 Å². The van der Waals surface area contributed by atoms with Crippen molar-refractivity contribution in [1.29, 1.82) is 0 Å². The van der Waals surface area contributed by atoms with Crippen molar-refractivity contribution in [2.24, 2.45) is 16.9 Å². The molecular weight excluding hydrogens is 268 g/mol. The second kappa shape index (κ2) is 11.3. The molecule has 6 nitrogen and oxygen atoms in total. The van der Waals surface area contributed by atoms with E-state index in [1.165, 1.54) is 0 Å². The van der Waals surface area contributed by atoms with Gasteiger partial charge in [0.2, 0.25) is 0 Å². The largest absolute Gasteiger partial charge is 0.381 e. The van der Waals surface area contributed by atoms with Gasteiger partial charge in [0.25, 0.3) is 0 Å². The first kappa shape index (κ1) is 20.8. The zero-order valence-electron chi connectivity index (χ0n) is 14.6. The van der Waals surface area contributed by atoms with Crippen LogP contribution in [0.5, 0.6) is 0 Å². The van der Waals surface area contributed by atoms with E-state index in [1.54, 1.807) is 0 Å². The molecule has 0 bridgehead atoms. The second-order valence-corrected chi connectivity index (χ2v) is 6.53. The van der Waals surface area contributed by atoms with Gasteiger partial charge in [-0.25, -0.2) is 0 Å². The van der Waals surface area contributed by atoms with Crippen LogP contribution in [0.2, 0.25) is 0 Å². The van der Waals surface area contributed by atoms with E-state index in [2.05, 4.69) is 44.9 Å². The molecule has 0 aliphatic carbocycles. The van der Waals surface area contributed by atoms with E-state index in [0.29, 0.717) is 26.2 Å². The molecular formula is C15H36N4O2. The highest BCUT2D eigenvalue weighted by Crippen LogP contribution is 2.21. The number of nitrogens with two attached hydrogens (primary N) is 2. The van der Waals surface area contributed by atoms with Crippen molar-refractivity contribution in [2.45, 2.75) is 25.9 Å². The van der Waals surface area contributed by atoms with Crippen molar-refractivity contribution in [3.8, 4) is 0 Å². The van der Waals surface area contributed by atoms with E-state index in [0.717, 1.165) is 26.1 Å². The Balaban J connectivity index is 4.62. The Hall–Kier alpha value is -0.240. The molecule has 0 amide bonds. The number of nitrogens with zero attached hydrogens (tertiary/aromatic N) is 2. The summed E-state index contributed by atoms with van der Waals surface area (Å²) in [5.41, 5.74) is 11.1. The summed E-state index contributed by atoms with van der Waals surface area (Å²) in [5.74, 6) is 0. The SMILES string of the molecule is CCCOCC(COCCC(N)N)(CN(C)C)CN(C)C. The van der Waals surface area contributed by atoms with Gasteiger partial charge in [0.05, 0.1) is 19.4 Å². The highest BCUT2D eigenvalue weighted by Gasteiger charge is 2.32. The van der Waals surface area contributed by atoms with E-state index < -0.39 is 0 Å². The molecule has 0 aromatic rings. The minimum Gasteiger partial charge on any atom is -0.381 e. The minimum atomic E-state index is -0.307. The van der Waals surface area contributed by atoms with Crippen molar-refractivity contribution in [3.63, 3.8) is 0 Å². The molecule has 0 unspecified atom stereocenters. The molecule has 0 saturated heterocycles. The fraction of sp³-hybridized carbons (Fsp3) is 1.00. The molecule has 0 radical (unpaired) electrons. The summed E-state index contributed by atoms with van der Waals surface area (Å²) in [6.45, 7) is 6.70. The van der Waals surface area contributed by atoms with Crippen LogP contribution in [0.25, 0.3) is 0 Å². The summed E-state index contributed by atoms with van der Waals surface area (Å²) in [6, 6.07) is 0. The number of ether oxygens (including phenoxy) is 2. The lowest BCUT2D eigenvalue weighted by molar-refractivity contribution is -0.0465. The molecule has 0 aliphatic rings. The van der Waals surface area contributed by atoms with Crippen LogP contribution in [0.4, 0.5) is 0 Å². The van der Waals surface area contributed by atoms with Gasteiger partial charge < -0.3 is 30.7 Å². The summed E-state index contributed by atoms with van der Waals surface area (Å²) in [6.07, 6.45) is 1.40. The molecule has 0 spiro atoms. The molecule has 0 rings (SSSR count). The van der Waals surface area contributed by atoms with Gasteiger partial charge in [0.1, 0.15) is 0 Å². The third-order valence-electron chi connectivity index (χ3n) is 3.06. The Morgan fingerprint density at radius 3 is 1.76 bits per heavy atom. The highest BCUT2D eigenvalue weighted by atomic mass is 16.5. The van der Waals surface area contributed by atoms with Crippen molar-refractivity contribution in [1.82, 2.24) is 9.80 Å². The van der Waals surface area contributed by atoms with Gasteiger partial charge in [-0.2, -0.15) is 0 Å². The lowest BCUT2D eigenvalue weighted by Gasteiger charge is -2.38. The molecule has 0 saturated carbocycles. The van der Waals surface area contributed by atoms with Crippen LogP contribution in [0.15, 0.2) is 0 Å². The molecule has 0 heterocycles. The standard InChI is InChI=1S/C15H36N4O2/c1-6-8-20-12-15(10-18(2)3,11-19(4)5)13-21-9-7-14(16)17/h14H,6-13,16-17H2,1-5H3. The predicted molar refractivity (Wildman–Crippen MR) is 88.2 cm³/mol. The Bertz CT molecular complexity index is 238. The second-order valence-electron chi connectivity index (χ2n) is 6.53. The van der Waals surface area contributed by atoms with Gasteiger partial charge >= 0.3 is 0 Å².